The maximum atomic E-state index is 12.6. The highest BCUT2D eigenvalue weighted by Crippen LogP contribution is 2.43. The van der Waals surface area contributed by atoms with E-state index in [1.165, 1.54) is 7.11 Å². The lowest BCUT2D eigenvalue weighted by Crippen LogP contribution is -2.27. The van der Waals surface area contributed by atoms with Gasteiger partial charge in [-0.2, -0.15) is 9.97 Å². The number of ether oxygens (including phenoxy) is 4. The second-order valence-electron chi connectivity index (χ2n) is 12.0. The van der Waals surface area contributed by atoms with E-state index >= 15 is 0 Å². The molecule has 45 heavy (non-hydrogen) atoms. The third-order valence-corrected chi connectivity index (χ3v) is 8.36. The molecule has 0 amide bonds. The number of fused-ring (bicyclic) bond motifs is 2. The minimum atomic E-state index is -1.75. The van der Waals surface area contributed by atoms with Gasteiger partial charge < -0.3 is 33.7 Å². The van der Waals surface area contributed by atoms with E-state index in [1.54, 1.807) is 13.4 Å². The molecule has 5 rings (SSSR count). The molecular formula is C31H41N6O7P. The van der Waals surface area contributed by atoms with Crippen LogP contribution >= 0.6 is 8.53 Å². The van der Waals surface area contributed by atoms with E-state index in [0.717, 1.165) is 17.2 Å². The number of nitrogens with zero attached hydrogens (tertiary/aromatic N) is 4. The second kappa shape index (κ2) is 14.7. The first-order valence-corrected chi connectivity index (χ1v) is 16.0. The molecule has 3 N–H and O–H groups in total. The summed E-state index contributed by atoms with van der Waals surface area (Å²) in [6, 6.07) is 13.8. The highest BCUT2D eigenvalue weighted by Gasteiger charge is 2.38. The number of benzene rings is 2. The smallest absolute Gasteiger partial charge is 0.320 e. The van der Waals surface area contributed by atoms with Crippen LogP contribution in [0.15, 0.2) is 48.8 Å². The van der Waals surface area contributed by atoms with Crippen LogP contribution < -0.4 is 20.1 Å². The van der Waals surface area contributed by atoms with Crippen LogP contribution in [-0.4, -0.2) is 72.2 Å². The van der Waals surface area contributed by atoms with E-state index < -0.39 is 14.8 Å². The Labute approximate surface area is 263 Å². The predicted molar refractivity (Wildman–Crippen MR) is 171 cm³/mol. The van der Waals surface area contributed by atoms with Gasteiger partial charge in [0.05, 0.1) is 32.8 Å². The number of nitrogens with two attached hydrogens (primary N) is 1. The van der Waals surface area contributed by atoms with Crippen molar-refractivity contribution in [2.24, 2.45) is 11.3 Å². The predicted octanol–water partition coefficient (Wildman–Crippen LogP) is 5.01. The molecule has 242 valence electrons. The Bertz CT molecular complexity index is 1590. The lowest BCUT2D eigenvalue weighted by Gasteiger charge is -2.22. The lowest BCUT2D eigenvalue weighted by atomic mass is 9.99. The van der Waals surface area contributed by atoms with E-state index in [4.69, 9.17) is 33.7 Å². The van der Waals surface area contributed by atoms with Gasteiger partial charge in [-0.15, -0.1) is 0 Å². The number of carbonyl (C=O) groups is 1. The summed E-state index contributed by atoms with van der Waals surface area (Å²) in [6.07, 6.45) is 2.41. The molecule has 1 aliphatic heterocycles. The molecule has 14 heteroatoms. The molecule has 1 aliphatic rings. The Balaban J connectivity index is 1.32. The Kier molecular flexibility index (Phi) is 10.7. The molecule has 0 radical (unpaired) electrons. The first-order valence-electron chi connectivity index (χ1n) is 14.8. The number of esters is 1. The van der Waals surface area contributed by atoms with Crippen molar-refractivity contribution < 1.29 is 32.8 Å². The van der Waals surface area contributed by atoms with Crippen molar-refractivity contribution in [2.45, 2.75) is 45.9 Å². The summed E-state index contributed by atoms with van der Waals surface area (Å²) >= 11 is 0. The molecule has 0 saturated carbocycles. The number of hydrogen-bond donors (Lipinski definition) is 2. The van der Waals surface area contributed by atoms with Crippen LogP contribution in [0.1, 0.15) is 39.8 Å². The van der Waals surface area contributed by atoms with Crippen LogP contribution in [0.4, 0.5) is 5.95 Å². The van der Waals surface area contributed by atoms with Crippen molar-refractivity contribution in [1.29, 1.82) is 0 Å². The minimum absolute atomic E-state index is 0.0683. The number of nitrogens with one attached hydrogen (secondary N) is 1. The number of hydrogen-bond acceptors (Lipinski definition) is 12. The minimum Gasteiger partial charge on any atom is -0.479 e. The molecule has 4 aromatic rings. The van der Waals surface area contributed by atoms with Crippen molar-refractivity contribution in [1.82, 2.24) is 24.6 Å². The topological polar surface area (TPSA) is 154 Å². The fourth-order valence-electron chi connectivity index (χ4n) is 5.08. The average molecular weight is 641 g/mol. The van der Waals surface area contributed by atoms with Crippen LogP contribution in [0.3, 0.4) is 0 Å². The lowest BCUT2D eigenvalue weighted by molar-refractivity contribution is -0.144. The third kappa shape index (κ3) is 8.36. The summed E-state index contributed by atoms with van der Waals surface area (Å²) in [6.45, 7) is 7.03. The van der Waals surface area contributed by atoms with Gasteiger partial charge in [-0.1, -0.05) is 57.2 Å². The van der Waals surface area contributed by atoms with Gasteiger partial charge in [-0.3, -0.25) is 9.36 Å². The number of carbonyl (C=O) groups excluding carboxylic acids is 1. The fourth-order valence-corrected chi connectivity index (χ4v) is 6.19. The molecular weight excluding hydrogens is 599 g/mol. The molecule has 2 aromatic heterocycles. The molecule has 1 saturated heterocycles. The SMILES string of the molecule is COCCC1CC(COP(NCC(=O)OCC(C)(C)C)Oc2cccc3ccccc23)OC1n1cnc2c(OC)nc(N)nc21. The summed E-state index contributed by atoms with van der Waals surface area (Å²) in [5, 5.41) is 5.10. The number of imidazole rings is 1. The van der Waals surface area contributed by atoms with E-state index in [0.29, 0.717) is 42.4 Å². The normalized spacial score (nSPS) is 19.2. The Morgan fingerprint density at radius 2 is 1.96 bits per heavy atom. The zero-order valence-corrected chi connectivity index (χ0v) is 27.2. The molecule has 0 bridgehead atoms. The molecule has 0 aliphatic carbocycles. The quantitative estimate of drug-likeness (QED) is 0.141. The van der Waals surface area contributed by atoms with Gasteiger partial charge >= 0.3 is 14.5 Å². The fraction of sp³-hybridized carbons (Fsp3) is 0.484. The summed E-state index contributed by atoms with van der Waals surface area (Å²) in [4.78, 5) is 25.6. The highest BCUT2D eigenvalue weighted by molar-refractivity contribution is 7.45. The number of nitrogen functional groups attached to an aromatic ring is 1. The van der Waals surface area contributed by atoms with Crippen LogP contribution in [-0.2, 0) is 23.5 Å². The maximum absolute atomic E-state index is 12.6. The highest BCUT2D eigenvalue weighted by atomic mass is 31.2. The van der Waals surface area contributed by atoms with Gasteiger partial charge in [0, 0.05) is 25.0 Å². The van der Waals surface area contributed by atoms with Gasteiger partial charge in [0.1, 0.15) is 18.5 Å². The largest absolute Gasteiger partial charge is 0.479 e. The van der Waals surface area contributed by atoms with Crippen LogP contribution in [0.25, 0.3) is 21.9 Å². The Morgan fingerprint density at radius 1 is 1.16 bits per heavy atom. The summed E-state index contributed by atoms with van der Waals surface area (Å²) < 4.78 is 37.3. The molecule has 13 nitrogen and oxygen atoms in total. The zero-order valence-electron chi connectivity index (χ0n) is 26.3. The molecule has 2 aromatic carbocycles. The van der Waals surface area contributed by atoms with E-state index in [2.05, 4.69) is 20.0 Å². The van der Waals surface area contributed by atoms with Gasteiger partial charge in [0.2, 0.25) is 11.8 Å². The summed E-state index contributed by atoms with van der Waals surface area (Å²) in [5.41, 5.74) is 6.83. The first-order chi connectivity index (χ1) is 21.6. The Hall–Kier alpha value is -3.61. The zero-order chi connectivity index (χ0) is 32.0. The van der Waals surface area contributed by atoms with E-state index in [1.807, 2.05) is 67.8 Å². The monoisotopic (exact) mass is 640 g/mol. The van der Waals surface area contributed by atoms with E-state index in [-0.39, 0.29) is 42.5 Å². The summed E-state index contributed by atoms with van der Waals surface area (Å²) in [5.74, 6) is 0.711. The van der Waals surface area contributed by atoms with Gasteiger partial charge in [-0.25, -0.2) is 10.1 Å². The van der Waals surface area contributed by atoms with Crippen molar-refractivity contribution in [2.75, 3.05) is 46.3 Å². The molecule has 0 spiro atoms. The standard InChI is InChI=1S/C31H41N6O7P/c1-31(2,3)18-41-25(38)16-34-45(44-24-12-8-10-20-9-6-7-11-23(20)24)42-17-22-15-21(13-14-39-4)29(43-22)37-19-33-26-27(37)35-30(32)36-28(26)40-5/h6-12,19,21-22,29,34H,13-18H2,1-5H3,(H2,32,35,36). The van der Waals surface area contributed by atoms with Crippen molar-refractivity contribution in [3.8, 4) is 11.6 Å². The maximum Gasteiger partial charge on any atom is 0.320 e. The van der Waals surface area contributed by atoms with Crippen LogP contribution in [0.2, 0.25) is 0 Å². The van der Waals surface area contributed by atoms with Crippen molar-refractivity contribution >= 4 is 42.4 Å². The molecule has 3 heterocycles. The van der Waals surface area contributed by atoms with Crippen LogP contribution in [0, 0.1) is 11.3 Å². The number of aromatic nitrogens is 4. The van der Waals surface area contributed by atoms with E-state index in [9.17, 15) is 4.79 Å². The summed E-state index contributed by atoms with van der Waals surface area (Å²) in [7, 11) is 1.44. The molecule has 4 unspecified atom stereocenters. The first kappa shape index (κ1) is 32.8. The van der Waals surface area contributed by atoms with Gasteiger partial charge in [0.15, 0.2) is 11.2 Å². The second-order valence-corrected chi connectivity index (χ2v) is 13.3. The average Bonchev–Trinajstić information content (AvgIpc) is 3.63. The Morgan fingerprint density at radius 3 is 2.73 bits per heavy atom. The number of anilines is 1. The van der Waals surface area contributed by atoms with Crippen molar-refractivity contribution in [3.05, 3.63) is 48.8 Å². The third-order valence-electron chi connectivity index (χ3n) is 7.20. The van der Waals surface area contributed by atoms with Crippen LogP contribution in [0.5, 0.6) is 11.6 Å². The number of methoxy groups -OCH3 is 2. The number of rotatable bonds is 14. The van der Waals surface area contributed by atoms with Crippen molar-refractivity contribution in [3.63, 3.8) is 0 Å². The molecule has 1 fully saturated rings. The molecule has 4 atom stereocenters. The van der Waals surface area contributed by atoms with Gasteiger partial charge in [0.25, 0.3) is 0 Å². The van der Waals surface area contributed by atoms with Gasteiger partial charge in [-0.05, 0) is 29.7 Å².